The average Bonchev–Trinajstić information content (AvgIpc) is 2.42. The van der Waals surface area contributed by atoms with Gasteiger partial charge in [-0.05, 0) is 34.8 Å². The highest BCUT2D eigenvalue weighted by atomic mass is 79.9. The summed E-state index contributed by atoms with van der Waals surface area (Å²) in [5.74, 6) is -1.09. The van der Waals surface area contributed by atoms with Crippen LogP contribution in [-0.4, -0.2) is 6.04 Å². The molecular weight excluding hydrogens is 336 g/mol. The molecule has 0 fully saturated rings. The standard InChI is InChI=1S/C17H26BrF2N/c1-3-5-7-9-14(10-8-6-4-2)21-17-15(18)11-13(19)12-16(17)20/h11-12,14,21H,3-10H2,1-2H3. The van der Waals surface area contributed by atoms with E-state index in [4.69, 9.17) is 0 Å². The largest absolute Gasteiger partial charge is 0.379 e. The zero-order chi connectivity index (χ0) is 15.7. The van der Waals surface area contributed by atoms with E-state index in [1.807, 2.05) is 0 Å². The Morgan fingerprint density at radius 3 is 2.05 bits per heavy atom. The van der Waals surface area contributed by atoms with Gasteiger partial charge in [0.25, 0.3) is 0 Å². The molecule has 1 N–H and O–H groups in total. The Morgan fingerprint density at radius 1 is 1.00 bits per heavy atom. The van der Waals surface area contributed by atoms with E-state index >= 15 is 0 Å². The summed E-state index contributed by atoms with van der Waals surface area (Å²) in [5.41, 5.74) is 0.384. The van der Waals surface area contributed by atoms with Crippen molar-refractivity contribution in [3.63, 3.8) is 0 Å². The molecule has 0 unspecified atom stereocenters. The molecule has 0 aliphatic carbocycles. The third kappa shape index (κ3) is 6.77. The maximum atomic E-state index is 13.9. The van der Waals surface area contributed by atoms with Crippen molar-refractivity contribution in [1.29, 1.82) is 0 Å². The zero-order valence-electron chi connectivity index (χ0n) is 13.0. The van der Waals surface area contributed by atoms with Gasteiger partial charge in [-0.1, -0.05) is 52.4 Å². The minimum absolute atomic E-state index is 0.249. The van der Waals surface area contributed by atoms with Crippen LogP contribution in [0.2, 0.25) is 0 Å². The van der Waals surface area contributed by atoms with E-state index in [0.717, 1.165) is 31.7 Å². The van der Waals surface area contributed by atoms with Gasteiger partial charge in [-0.2, -0.15) is 0 Å². The van der Waals surface area contributed by atoms with Crippen molar-refractivity contribution in [3.8, 4) is 0 Å². The van der Waals surface area contributed by atoms with Gasteiger partial charge >= 0.3 is 0 Å². The summed E-state index contributed by atoms with van der Waals surface area (Å²) in [6, 6.07) is 2.49. The van der Waals surface area contributed by atoms with Gasteiger partial charge in [0.2, 0.25) is 0 Å². The van der Waals surface area contributed by atoms with Crippen molar-refractivity contribution in [1.82, 2.24) is 0 Å². The van der Waals surface area contributed by atoms with Crippen LogP contribution < -0.4 is 5.32 Å². The van der Waals surface area contributed by atoms with Gasteiger partial charge in [0.05, 0.1) is 5.69 Å². The van der Waals surface area contributed by atoms with Gasteiger partial charge in [0, 0.05) is 16.6 Å². The first-order valence-electron chi connectivity index (χ1n) is 7.99. The molecule has 4 heteroatoms. The molecule has 0 saturated carbocycles. The highest BCUT2D eigenvalue weighted by Gasteiger charge is 2.14. The number of hydrogen-bond donors (Lipinski definition) is 1. The van der Waals surface area contributed by atoms with Crippen LogP contribution in [0.3, 0.4) is 0 Å². The quantitative estimate of drug-likeness (QED) is 0.459. The van der Waals surface area contributed by atoms with Gasteiger partial charge in [0.1, 0.15) is 11.6 Å². The summed E-state index contributed by atoms with van der Waals surface area (Å²) in [6.45, 7) is 4.35. The first-order chi connectivity index (χ1) is 10.1. The lowest BCUT2D eigenvalue weighted by molar-refractivity contribution is 0.520. The first kappa shape index (κ1) is 18.4. The van der Waals surface area contributed by atoms with E-state index in [-0.39, 0.29) is 6.04 Å². The normalized spacial score (nSPS) is 11.1. The maximum absolute atomic E-state index is 13.9. The van der Waals surface area contributed by atoms with Crippen LogP contribution in [0.25, 0.3) is 0 Å². The minimum Gasteiger partial charge on any atom is -0.379 e. The number of halogens is 3. The zero-order valence-corrected chi connectivity index (χ0v) is 14.6. The monoisotopic (exact) mass is 361 g/mol. The van der Waals surface area contributed by atoms with Crippen molar-refractivity contribution < 1.29 is 8.78 Å². The lowest BCUT2D eigenvalue weighted by Gasteiger charge is -2.21. The Labute approximate surface area is 135 Å². The van der Waals surface area contributed by atoms with E-state index < -0.39 is 11.6 Å². The number of benzene rings is 1. The van der Waals surface area contributed by atoms with Crippen LogP contribution in [-0.2, 0) is 0 Å². The molecule has 120 valence electrons. The Bertz CT molecular complexity index is 390. The van der Waals surface area contributed by atoms with E-state index in [0.29, 0.717) is 10.2 Å². The molecule has 0 saturated heterocycles. The van der Waals surface area contributed by atoms with Crippen LogP contribution in [0.15, 0.2) is 16.6 Å². The Morgan fingerprint density at radius 2 is 1.57 bits per heavy atom. The second-order valence-electron chi connectivity index (χ2n) is 5.58. The number of hydrogen-bond acceptors (Lipinski definition) is 1. The first-order valence-corrected chi connectivity index (χ1v) is 8.78. The van der Waals surface area contributed by atoms with Gasteiger partial charge in [-0.25, -0.2) is 8.78 Å². The topological polar surface area (TPSA) is 12.0 Å². The van der Waals surface area contributed by atoms with Crippen molar-refractivity contribution in [3.05, 3.63) is 28.2 Å². The Balaban J connectivity index is 2.69. The second kappa shape index (κ2) is 10.1. The summed E-state index contributed by atoms with van der Waals surface area (Å²) < 4.78 is 27.5. The summed E-state index contributed by atoms with van der Waals surface area (Å²) in [7, 11) is 0. The predicted molar refractivity (Wildman–Crippen MR) is 89.8 cm³/mol. The summed E-state index contributed by atoms with van der Waals surface area (Å²) >= 11 is 3.25. The van der Waals surface area contributed by atoms with E-state index in [2.05, 4.69) is 35.1 Å². The summed E-state index contributed by atoms with van der Waals surface area (Å²) in [6.07, 6.45) is 9.08. The molecule has 1 aromatic rings. The molecule has 1 rings (SSSR count). The molecule has 0 atom stereocenters. The van der Waals surface area contributed by atoms with Crippen LogP contribution >= 0.6 is 15.9 Å². The number of unbranched alkanes of at least 4 members (excludes halogenated alkanes) is 4. The molecule has 0 aromatic heterocycles. The summed E-state index contributed by atoms with van der Waals surface area (Å²) in [4.78, 5) is 0. The Hall–Kier alpha value is -0.640. The third-order valence-corrected chi connectivity index (χ3v) is 4.29. The van der Waals surface area contributed by atoms with Crippen LogP contribution in [0.1, 0.15) is 65.2 Å². The number of rotatable bonds is 10. The fourth-order valence-electron chi connectivity index (χ4n) is 2.45. The fraction of sp³-hybridized carbons (Fsp3) is 0.647. The molecule has 0 aliphatic rings. The smallest absolute Gasteiger partial charge is 0.150 e. The fourth-order valence-corrected chi connectivity index (χ4v) is 2.98. The molecule has 21 heavy (non-hydrogen) atoms. The SMILES string of the molecule is CCCCCC(CCCCC)Nc1c(F)cc(F)cc1Br. The van der Waals surface area contributed by atoms with Gasteiger partial charge < -0.3 is 5.32 Å². The molecule has 0 spiro atoms. The van der Waals surface area contributed by atoms with Gasteiger partial charge in [0.15, 0.2) is 0 Å². The van der Waals surface area contributed by atoms with Gasteiger partial charge in [-0.3, -0.25) is 0 Å². The molecule has 1 nitrogen and oxygen atoms in total. The third-order valence-electron chi connectivity index (χ3n) is 3.67. The van der Waals surface area contributed by atoms with Crippen LogP contribution in [0.4, 0.5) is 14.5 Å². The molecule has 0 bridgehead atoms. The van der Waals surface area contributed by atoms with E-state index in [9.17, 15) is 8.78 Å². The molecule has 0 radical (unpaired) electrons. The molecule has 0 heterocycles. The van der Waals surface area contributed by atoms with E-state index in [1.165, 1.54) is 31.7 Å². The van der Waals surface area contributed by atoms with Crippen LogP contribution in [0, 0.1) is 11.6 Å². The summed E-state index contributed by atoms with van der Waals surface area (Å²) in [5, 5.41) is 3.27. The Kier molecular flexibility index (Phi) is 8.90. The molecule has 1 aromatic carbocycles. The highest BCUT2D eigenvalue weighted by Crippen LogP contribution is 2.29. The molecule has 0 aliphatic heterocycles. The predicted octanol–water partition coefficient (Wildman–Crippen LogP) is 6.67. The van der Waals surface area contributed by atoms with Crippen LogP contribution in [0.5, 0.6) is 0 Å². The highest BCUT2D eigenvalue weighted by molar-refractivity contribution is 9.10. The van der Waals surface area contributed by atoms with Crippen molar-refractivity contribution in [2.24, 2.45) is 0 Å². The molecular formula is C17H26BrF2N. The lowest BCUT2D eigenvalue weighted by Crippen LogP contribution is -2.20. The average molecular weight is 362 g/mol. The van der Waals surface area contributed by atoms with Crippen molar-refractivity contribution in [2.45, 2.75) is 71.3 Å². The second-order valence-corrected chi connectivity index (χ2v) is 6.43. The number of anilines is 1. The van der Waals surface area contributed by atoms with Crippen molar-refractivity contribution in [2.75, 3.05) is 5.32 Å². The van der Waals surface area contributed by atoms with Gasteiger partial charge in [-0.15, -0.1) is 0 Å². The van der Waals surface area contributed by atoms with E-state index in [1.54, 1.807) is 0 Å². The lowest BCUT2D eigenvalue weighted by atomic mass is 10.0. The molecule has 0 amide bonds. The minimum atomic E-state index is -0.557. The number of nitrogens with one attached hydrogen (secondary N) is 1. The maximum Gasteiger partial charge on any atom is 0.150 e. The van der Waals surface area contributed by atoms with Crippen molar-refractivity contribution >= 4 is 21.6 Å².